The Labute approximate surface area is 122 Å². The van der Waals surface area contributed by atoms with Crippen molar-refractivity contribution >= 4 is 0 Å². The molecule has 4 heteroatoms. The zero-order chi connectivity index (χ0) is 14.4. The summed E-state index contributed by atoms with van der Waals surface area (Å²) in [5, 5.41) is 18.1. The molecule has 0 saturated heterocycles. The van der Waals surface area contributed by atoms with Crippen molar-refractivity contribution in [2.45, 2.75) is 77.0 Å². The molecule has 1 fully saturated rings. The van der Waals surface area contributed by atoms with Crippen molar-refractivity contribution in [1.82, 2.24) is 15.1 Å². The molecule has 1 aromatic heterocycles. The minimum absolute atomic E-state index is 0.598. The van der Waals surface area contributed by atoms with Crippen molar-refractivity contribution in [1.29, 1.82) is 0 Å². The number of nitrogens with zero attached hydrogens (tertiary/aromatic N) is 2. The van der Waals surface area contributed by atoms with Gasteiger partial charge in [0.2, 0.25) is 0 Å². The number of hydrogen-bond donors (Lipinski definition) is 2. The lowest BCUT2D eigenvalue weighted by Gasteiger charge is -2.23. The lowest BCUT2D eigenvalue weighted by atomic mass is 9.96. The topological polar surface area (TPSA) is 50.1 Å². The molecule has 1 aliphatic carbocycles. The molecule has 2 N–H and O–H groups in total. The quantitative estimate of drug-likeness (QED) is 0.806. The van der Waals surface area contributed by atoms with Gasteiger partial charge >= 0.3 is 0 Å². The Balaban J connectivity index is 1.78. The second kappa shape index (κ2) is 7.23. The Morgan fingerprint density at radius 3 is 2.85 bits per heavy atom. The summed E-state index contributed by atoms with van der Waals surface area (Å²) in [4.78, 5) is 0. The Bertz CT molecular complexity index is 394. The lowest BCUT2D eigenvalue weighted by Crippen LogP contribution is -2.37. The molecule has 2 rings (SSSR count). The summed E-state index contributed by atoms with van der Waals surface area (Å²) in [6.45, 7) is 5.35. The molecule has 0 aliphatic heterocycles. The first-order valence-corrected chi connectivity index (χ1v) is 8.08. The van der Waals surface area contributed by atoms with Crippen LogP contribution in [0.5, 0.6) is 0 Å². The average molecular weight is 279 g/mol. The summed E-state index contributed by atoms with van der Waals surface area (Å²) in [5.74, 6) is 0. The van der Waals surface area contributed by atoms with Crippen molar-refractivity contribution in [3.63, 3.8) is 0 Å². The Morgan fingerprint density at radius 1 is 1.40 bits per heavy atom. The van der Waals surface area contributed by atoms with Gasteiger partial charge in [0.15, 0.2) is 0 Å². The summed E-state index contributed by atoms with van der Waals surface area (Å²) in [6, 6.07) is 2.69. The second-order valence-corrected chi connectivity index (χ2v) is 6.43. The van der Waals surface area contributed by atoms with Crippen LogP contribution < -0.4 is 5.32 Å². The smallest absolute Gasteiger partial charge is 0.0762 e. The first-order chi connectivity index (χ1) is 9.61. The van der Waals surface area contributed by atoms with Crippen LogP contribution in [0.25, 0.3) is 0 Å². The van der Waals surface area contributed by atoms with Gasteiger partial charge in [0.05, 0.1) is 17.3 Å². The molecule has 0 spiro atoms. The maximum absolute atomic E-state index is 10.1. The van der Waals surface area contributed by atoms with E-state index in [-0.39, 0.29) is 0 Å². The highest BCUT2D eigenvalue weighted by molar-refractivity contribution is 5.00. The number of aliphatic hydroxyl groups is 1. The van der Waals surface area contributed by atoms with Crippen molar-refractivity contribution < 1.29 is 5.11 Å². The van der Waals surface area contributed by atoms with Gasteiger partial charge in [-0.05, 0) is 32.3 Å². The normalized spacial score (nSPS) is 19.9. The van der Waals surface area contributed by atoms with E-state index >= 15 is 0 Å². The Hall–Kier alpha value is -0.870. The van der Waals surface area contributed by atoms with E-state index in [1.165, 1.54) is 32.1 Å². The molecule has 0 aromatic carbocycles. The fourth-order valence-electron chi connectivity index (χ4n) is 3.11. The average Bonchev–Trinajstić information content (AvgIpc) is 2.88. The minimum Gasteiger partial charge on any atom is -0.389 e. The van der Waals surface area contributed by atoms with E-state index in [4.69, 9.17) is 0 Å². The van der Waals surface area contributed by atoms with Crippen molar-refractivity contribution in [2.75, 3.05) is 6.54 Å². The van der Waals surface area contributed by atoms with Crippen LogP contribution in [-0.2, 0) is 6.54 Å². The number of hydrogen-bond acceptors (Lipinski definition) is 3. The maximum atomic E-state index is 10.1. The van der Waals surface area contributed by atoms with Crippen LogP contribution in [0.1, 0.15) is 70.5 Å². The van der Waals surface area contributed by atoms with Crippen LogP contribution in [0.4, 0.5) is 0 Å². The molecule has 1 aliphatic rings. The van der Waals surface area contributed by atoms with E-state index in [2.05, 4.69) is 34.3 Å². The molecule has 20 heavy (non-hydrogen) atoms. The number of aromatic nitrogens is 2. The summed E-state index contributed by atoms with van der Waals surface area (Å²) >= 11 is 0. The van der Waals surface area contributed by atoms with Gasteiger partial charge in [-0.3, -0.25) is 4.68 Å². The van der Waals surface area contributed by atoms with Gasteiger partial charge in [0.25, 0.3) is 0 Å². The molecule has 0 amide bonds. The molecule has 1 aromatic rings. The third kappa shape index (κ3) is 4.60. The summed E-state index contributed by atoms with van der Waals surface area (Å²) in [6.07, 6.45) is 10.5. The molecular formula is C16H29N3O. The molecule has 4 nitrogen and oxygen atoms in total. The molecule has 114 valence electrons. The van der Waals surface area contributed by atoms with Crippen LogP contribution in [0.2, 0.25) is 0 Å². The van der Waals surface area contributed by atoms with Gasteiger partial charge in [-0.1, -0.05) is 32.6 Å². The van der Waals surface area contributed by atoms with Gasteiger partial charge in [-0.25, -0.2) is 0 Å². The molecule has 1 atom stereocenters. The van der Waals surface area contributed by atoms with Gasteiger partial charge in [0, 0.05) is 19.3 Å². The third-order valence-corrected chi connectivity index (χ3v) is 4.21. The predicted octanol–water partition coefficient (Wildman–Crippen LogP) is 3.03. The summed E-state index contributed by atoms with van der Waals surface area (Å²) in [5.41, 5.74) is 0.462. The highest BCUT2D eigenvalue weighted by Crippen LogP contribution is 2.27. The lowest BCUT2D eigenvalue weighted by molar-refractivity contribution is 0.0497. The maximum Gasteiger partial charge on any atom is 0.0762 e. The van der Waals surface area contributed by atoms with Crippen LogP contribution in [0, 0.1) is 0 Å². The third-order valence-electron chi connectivity index (χ3n) is 4.21. The van der Waals surface area contributed by atoms with E-state index in [0.29, 0.717) is 12.6 Å². The van der Waals surface area contributed by atoms with Gasteiger partial charge in [-0.15, -0.1) is 0 Å². The number of nitrogens with one attached hydrogen (secondary N) is 1. The van der Waals surface area contributed by atoms with E-state index < -0.39 is 5.60 Å². The van der Waals surface area contributed by atoms with Crippen LogP contribution in [-0.4, -0.2) is 27.0 Å². The highest BCUT2D eigenvalue weighted by Gasteiger charge is 2.19. The first-order valence-electron chi connectivity index (χ1n) is 8.08. The molecule has 0 bridgehead atoms. The van der Waals surface area contributed by atoms with Gasteiger partial charge < -0.3 is 10.4 Å². The standard InChI is InChI=1S/C16H29N3O/c1-3-10-16(2,20)13-17-12-14-9-11-19(18-14)15-7-5-4-6-8-15/h9,11,15,17,20H,3-8,10,12-13H2,1-2H3. The van der Waals surface area contributed by atoms with E-state index in [1.54, 1.807) is 0 Å². The van der Waals surface area contributed by atoms with Crippen molar-refractivity contribution in [3.05, 3.63) is 18.0 Å². The monoisotopic (exact) mass is 279 g/mol. The Kier molecular flexibility index (Phi) is 5.61. The summed E-state index contributed by atoms with van der Waals surface area (Å²) < 4.78 is 2.14. The molecule has 1 saturated carbocycles. The molecule has 1 heterocycles. The van der Waals surface area contributed by atoms with Gasteiger partial charge in [0.1, 0.15) is 0 Å². The van der Waals surface area contributed by atoms with E-state index in [1.807, 2.05) is 6.92 Å². The van der Waals surface area contributed by atoms with Crippen LogP contribution in [0.3, 0.4) is 0 Å². The number of rotatable bonds is 7. The molecule has 0 radical (unpaired) electrons. The zero-order valence-corrected chi connectivity index (χ0v) is 12.9. The predicted molar refractivity (Wildman–Crippen MR) is 81.6 cm³/mol. The largest absolute Gasteiger partial charge is 0.389 e. The SMILES string of the molecule is CCCC(C)(O)CNCc1ccn(C2CCCCC2)n1. The van der Waals surface area contributed by atoms with Crippen molar-refractivity contribution in [2.24, 2.45) is 0 Å². The molecular weight excluding hydrogens is 250 g/mol. The van der Waals surface area contributed by atoms with E-state index in [0.717, 1.165) is 25.1 Å². The van der Waals surface area contributed by atoms with Crippen LogP contribution >= 0.6 is 0 Å². The van der Waals surface area contributed by atoms with Crippen LogP contribution in [0.15, 0.2) is 12.3 Å². The highest BCUT2D eigenvalue weighted by atomic mass is 16.3. The first kappa shape index (κ1) is 15.5. The van der Waals surface area contributed by atoms with Crippen molar-refractivity contribution in [3.8, 4) is 0 Å². The zero-order valence-electron chi connectivity index (χ0n) is 12.9. The fourth-order valence-corrected chi connectivity index (χ4v) is 3.11. The summed E-state index contributed by atoms with van der Waals surface area (Å²) in [7, 11) is 0. The minimum atomic E-state index is -0.610. The molecule has 1 unspecified atom stereocenters. The van der Waals surface area contributed by atoms with E-state index in [9.17, 15) is 5.11 Å². The van der Waals surface area contributed by atoms with Gasteiger partial charge in [-0.2, -0.15) is 5.10 Å². The fraction of sp³-hybridized carbons (Fsp3) is 0.812. The second-order valence-electron chi connectivity index (χ2n) is 6.43. The Morgan fingerprint density at radius 2 is 2.15 bits per heavy atom.